The van der Waals surface area contributed by atoms with Crippen molar-refractivity contribution in [3.63, 3.8) is 0 Å². The molecule has 0 radical (unpaired) electrons. The number of nitrogens with one attached hydrogen (secondary N) is 4. The number of alkyl halides is 3. The number of anilines is 3. The van der Waals surface area contributed by atoms with Crippen LogP contribution in [0.4, 0.5) is 34.8 Å². The number of aromatic amines is 1. The summed E-state index contributed by atoms with van der Waals surface area (Å²) in [5, 5.41) is 18.8. The first kappa shape index (κ1) is 66.3. The summed E-state index contributed by atoms with van der Waals surface area (Å²) in [6.07, 6.45) is -3.86. The number of H-pyrrole nitrogens is 1. The van der Waals surface area contributed by atoms with E-state index in [4.69, 9.17) is 9.47 Å². The lowest BCUT2D eigenvalue weighted by Gasteiger charge is -2.44. The van der Waals surface area contributed by atoms with Crippen LogP contribution in [0.25, 0.3) is 21.6 Å². The molecule has 26 heteroatoms. The number of hydrogen-bond acceptors (Lipinski definition) is 16. The van der Waals surface area contributed by atoms with Gasteiger partial charge in [-0.1, -0.05) is 45.0 Å². The Bertz CT molecular complexity index is 3340. The highest BCUT2D eigenvalue weighted by atomic mass is 32.1. The second-order valence-corrected chi connectivity index (χ2v) is 24.6. The number of amides is 5. The third kappa shape index (κ3) is 16.9. The summed E-state index contributed by atoms with van der Waals surface area (Å²) in [5.74, 6) is -3.66. The summed E-state index contributed by atoms with van der Waals surface area (Å²) in [5.41, 5.74) is 1.41. The van der Waals surface area contributed by atoms with Crippen LogP contribution in [-0.4, -0.2) is 180 Å². The van der Waals surface area contributed by atoms with Crippen molar-refractivity contribution in [2.45, 2.75) is 104 Å². The number of piperazine rings is 2. The van der Waals surface area contributed by atoms with E-state index < -0.39 is 64.0 Å². The van der Waals surface area contributed by atoms with E-state index >= 15 is 4.39 Å². The molecule has 5 atom stereocenters. The lowest BCUT2D eigenvalue weighted by Crippen LogP contribution is -2.55. The van der Waals surface area contributed by atoms with Gasteiger partial charge in [-0.15, -0.1) is 11.3 Å². The first-order valence-corrected chi connectivity index (χ1v) is 30.2. The van der Waals surface area contributed by atoms with Crippen LogP contribution in [-0.2, 0) is 46.2 Å². The summed E-state index contributed by atoms with van der Waals surface area (Å²) in [7, 11) is 1.96. The Hall–Kier alpha value is -7.65. The molecule has 1 unspecified atom stereocenters. The van der Waals surface area contributed by atoms with E-state index in [2.05, 4.69) is 35.8 Å². The summed E-state index contributed by atoms with van der Waals surface area (Å²) >= 11 is 1.55. The van der Waals surface area contributed by atoms with Gasteiger partial charge in [0.25, 0.3) is 5.91 Å². The predicted octanol–water partition coefficient (Wildman–Crippen LogP) is 6.29. The number of likely N-dealkylation sites (N-methyl/N-ethyl adjacent to an activating group) is 1. The number of hydrogen-bond donors (Lipinski definition) is 5. The number of carbonyl (C=O) groups excluding carboxylic acids is 6. The number of likely N-dealkylation sites (tertiary alicyclic amines) is 1. The lowest BCUT2D eigenvalue weighted by molar-refractivity contribution is -0.146. The third-order valence-corrected chi connectivity index (χ3v) is 17.3. The minimum atomic E-state index is -5.01. The Balaban J connectivity index is 0.731. The normalized spacial score (nSPS) is 18.7. The van der Waals surface area contributed by atoms with Gasteiger partial charge in [-0.25, -0.2) is 14.4 Å². The zero-order valence-corrected chi connectivity index (χ0v) is 51.3. The second kappa shape index (κ2) is 29.1. The van der Waals surface area contributed by atoms with Crippen LogP contribution in [0.1, 0.15) is 87.5 Å². The van der Waals surface area contributed by atoms with E-state index in [1.807, 2.05) is 82.7 Å². The fourth-order valence-corrected chi connectivity index (χ4v) is 11.9. The van der Waals surface area contributed by atoms with Gasteiger partial charge in [-0.2, -0.15) is 13.2 Å². The molecule has 3 saturated heterocycles. The van der Waals surface area contributed by atoms with Gasteiger partial charge in [-0.05, 0) is 68.6 Å². The molecule has 3 aliphatic rings. The maximum atomic E-state index is 16.2. The molecule has 8 rings (SSSR count). The van der Waals surface area contributed by atoms with Crippen molar-refractivity contribution in [3.05, 3.63) is 111 Å². The highest BCUT2D eigenvalue weighted by molar-refractivity contribution is 7.13. The van der Waals surface area contributed by atoms with Gasteiger partial charge in [0.1, 0.15) is 24.3 Å². The monoisotopic (exact) mass is 1240 g/mol. The molecule has 0 aliphatic carbocycles. The number of aryl methyl sites for hydroxylation is 1. The van der Waals surface area contributed by atoms with Crippen molar-refractivity contribution in [2.75, 3.05) is 101 Å². The van der Waals surface area contributed by atoms with Gasteiger partial charge in [-0.3, -0.25) is 38.5 Å². The van der Waals surface area contributed by atoms with E-state index in [-0.39, 0.29) is 124 Å². The maximum Gasteiger partial charge on any atom is 0.417 e. The molecule has 2 aromatic carbocycles. The van der Waals surface area contributed by atoms with Crippen LogP contribution in [0.2, 0.25) is 0 Å². The van der Waals surface area contributed by atoms with Crippen molar-refractivity contribution in [3.8, 4) is 21.6 Å². The van der Waals surface area contributed by atoms with Crippen LogP contribution < -0.4 is 31.3 Å². The number of rotatable bonds is 23. The molecule has 5 amide bonds. The number of β-amino-alcohol motifs (C(OH)–C–C–N with tert-alkyl or cyclic N) is 1. The Morgan fingerprint density at radius 1 is 0.852 bits per heavy atom. The fraction of sp³-hybridized carbons (Fsp3) is 0.500. The highest BCUT2D eigenvalue weighted by Gasteiger charge is 2.45. The summed E-state index contributed by atoms with van der Waals surface area (Å²) in [4.78, 5) is 113. The molecule has 3 fully saturated rings. The predicted molar refractivity (Wildman–Crippen MR) is 324 cm³/mol. The fourth-order valence-electron chi connectivity index (χ4n) is 11.1. The van der Waals surface area contributed by atoms with Gasteiger partial charge >= 0.3 is 6.18 Å². The van der Waals surface area contributed by atoms with Crippen LogP contribution in [0.15, 0.2) is 77.3 Å². The molecular formula is C62H77F4N11O10S. The molecule has 5 N–H and O–H groups in total. The molecule has 6 heterocycles. The van der Waals surface area contributed by atoms with Crippen molar-refractivity contribution >= 4 is 63.8 Å². The van der Waals surface area contributed by atoms with E-state index in [0.717, 1.165) is 21.7 Å². The number of pyridine rings is 2. The number of halogens is 4. The van der Waals surface area contributed by atoms with Crippen molar-refractivity contribution in [1.82, 2.24) is 40.3 Å². The molecular weight excluding hydrogens is 1170 g/mol. The van der Waals surface area contributed by atoms with Gasteiger partial charge in [0.2, 0.25) is 29.2 Å². The second-order valence-electron chi connectivity index (χ2n) is 23.7. The third-order valence-electron chi connectivity index (χ3n) is 16.4. The molecule has 3 aromatic heterocycles. The van der Waals surface area contributed by atoms with Crippen LogP contribution >= 0.6 is 11.3 Å². The Morgan fingerprint density at radius 3 is 2.19 bits per heavy atom. The van der Waals surface area contributed by atoms with E-state index in [1.54, 1.807) is 33.9 Å². The van der Waals surface area contributed by atoms with Gasteiger partial charge in [0, 0.05) is 132 Å². The lowest BCUT2D eigenvalue weighted by atomic mass is 9.77. The first-order chi connectivity index (χ1) is 41.7. The van der Waals surface area contributed by atoms with Crippen LogP contribution in [0, 0.1) is 24.1 Å². The molecule has 88 heavy (non-hydrogen) atoms. The first-order valence-electron chi connectivity index (χ1n) is 29.4. The average molecular weight is 1240 g/mol. The Kier molecular flexibility index (Phi) is 21.9. The number of benzene rings is 2. The number of carbonyl (C=O) groups is 6. The molecule has 474 valence electrons. The smallest absolute Gasteiger partial charge is 0.391 e. The zero-order valence-electron chi connectivity index (χ0n) is 50.5. The van der Waals surface area contributed by atoms with E-state index in [1.165, 1.54) is 23.2 Å². The molecule has 3 aliphatic heterocycles. The van der Waals surface area contributed by atoms with Crippen LogP contribution in [0.5, 0.6) is 0 Å². The van der Waals surface area contributed by atoms with Crippen LogP contribution in [0.3, 0.4) is 0 Å². The molecule has 5 aromatic rings. The molecule has 0 saturated carbocycles. The largest absolute Gasteiger partial charge is 0.417 e. The summed E-state index contributed by atoms with van der Waals surface area (Å²) < 4.78 is 69.4. The summed E-state index contributed by atoms with van der Waals surface area (Å²) in [6, 6.07) is 13.2. The standard InChI is InChI=1S/C62H77F4N11O10S/c1-37-32-76(33-38(2)73(37)7)51-28-49(63)45(26-50(51)72-58(83)46-31-69-55(81)27-47(46)62(64,65)66)42-12-13-53(68-30-42)74-17-19-75(20-18-74)56(82)15-14-54(80)67-16-21-86-22-23-87-35-44(79)24-48(61(4,5)6)60(85)77-34-43(78)25-52(77)59(84)70-29-40-8-10-41(11-9-40)57-39(3)71-36-88-57/h8-13,26-28,30-31,36-38,43,48,52,78H,14-25,29,32-35H2,1-7H3,(H,67,80)(H,69,81)(H,70,84)(H,72,83)/t37-,38+,43-,48-,52?/m1/s1. The van der Waals surface area contributed by atoms with E-state index in [9.17, 15) is 51.8 Å². The number of aliphatic hydroxyl groups is 1. The molecule has 0 bridgehead atoms. The average Bonchev–Trinajstić information content (AvgIpc) is 1.93. The van der Waals surface area contributed by atoms with Crippen molar-refractivity contribution in [1.29, 1.82) is 0 Å². The quantitative estimate of drug-likeness (QED) is 0.0356. The molecule has 0 spiro atoms. The topological polar surface area (TPSA) is 252 Å². The number of thiazole rings is 1. The number of ether oxygens (including phenoxy) is 2. The SMILES string of the molecule is Cc1ncsc1-c1ccc(CNC(=O)C2C[C@@H](O)CN2C(=O)[C@@H](CC(=O)COCCOCCNC(=O)CCC(=O)N2CCN(c3ccc(-c4cc(NC(=O)c5c[nH]c(=O)cc5C(F)(F)F)c(N5C[C@@H](C)N(C)[C@@H](C)C5)cc4F)cn3)CC2)C(C)(C)C)cc1. The molecule has 21 nitrogen and oxygen atoms in total. The van der Waals surface area contributed by atoms with E-state index in [0.29, 0.717) is 62.9 Å². The van der Waals surface area contributed by atoms with Gasteiger partial charge < -0.3 is 55.1 Å². The van der Waals surface area contributed by atoms with Gasteiger partial charge in [0.15, 0.2) is 5.78 Å². The number of nitrogens with zero attached hydrogens (tertiary/aromatic N) is 7. The van der Waals surface area contributed by atoms with Crippen molar-refractivity contribution in [2.24, 2.45) is 11.3 Å². The minimum absolute atomic E-state index is 0.0159. The number of Topliss-reactive ketones (excluding diaryl/α,β-unsaturated/α-hetero) is 1. The highest BCUT2D eigenvalue weighted by Crippen LogP contribution is 2.39. The minimum Gasteiger partial charge on any atom is -0.391 e. The number of ketones is 1. The Labute approximate surface area is 512 Å². The van der Waals surface area contributed by atoms with Gasteiger partial charge in [0.05, 0.1) is 64.5 Å². The summed E-state index contributed by atoms with van der Waals surface area (Å²) in [6.45, 7) is 14.3. The maximum absolute atomic E-state index is 16.2. The zero-order chi connectivity index (χ0) is 63.6. The number of aliphatic hydroxyl groups excluding tert-OH is 1. The number of aromatic nitrogens is 3. The Morgan fingerprint density at radius 2 is 1.55 bits per heavy atom. The van der Waals surface area contributed by atoms with Crippen molar-refractivity contribution < 1.29 is 60.9 Å².